The number of hydrogen-bond donors (Lipinski definition) is 0. The minimum atomic E-state index is -0.200. The highest BCUT2D eigenvalue weighted by molar-refractivity contribution is 5.83. The quantitative estimate of drug-likeness (QED) is 0.852. The lowest BCUT2D eigenvalue weighted by Gasteiger charge is -2.28. The zero-order valence-electron chi connectivity index (χ0n) is 13.6. The maximum atomic E-state index is 13.4. The van der Waals surface area contributed by atoms with Gasteiger partial charge in [0.2, 0.25) is 5.91 Å². The fourth-order valence-corrected chi connectivity index (χ4v) is 4.37. The Morgan fingerprint density at radius 1 is 1.17 bits per heavy atom. The summed E-state index contributed by atoms with van der Waals surface area (Å²) in [7, 11) is 0. The summed E-state index contributed by atoms with van der Waals surface area (Å²) in [6.45, 7) is 4.33. The minimum absolute atomic E-state index is 0.0796. The lowest BCUT2D eigenvalue weighted by atomic mass is 10.1. The van der Waals surface area contributed by atoms with Gasteiger partial charge < -0.3 is 9.80 Å². The Kier molecular flexibility index (Phi) is 4.10. The van der Waals surface area contributed by atoms with E-state index in [1.54, 1.807) is 12.1 Å². The van der Waals surface area contributed by atoms with Crippen LogP contribution >= 0.6 is 0 Å². The molecule has 4 rings (SSSR count). The summed E-state index contributed by atoms with van der Waals surface area (Å²) in [5.74, 6) is 0.414. The third-order valence-electron chi connectivity index (χ3n) is 5.71. The molecule has 1 aromatic carbocycles. The number of carbonyl (C=O) groups is 1. The van der Waals surface area contributed by atoms with Crippen molar-refractivity contribution in [2.45, 2.75) is 44.1 Å². The van der Waals surface area contributed by atoms with E-state index in [1.807, 2.05) is 6.07 Å². The van der Waals surface area contributed by atoms with Crippen molar-refractivity contribution in [1.82, 2.24) is 9.80 Å². The van der Waals surface area contributed by atoms with E-state index >= 15 is 0 Å². The van der Waals surface area contributed by atoms with Crippen LogP contribution in [0.1, 0.15) is 43.6 Å². The van der Waals surface area contributed by atoms with E-state index in [2.05, 4.69) is 9.80 Å². The fourth-order valence-electron chi connectivity index (χ4n) is 4.37. The number of benzene rings is 1. The first-order valence-electron chi connectivity index (χ1n) is 9.00. The van der Waals surface area contributed by atoms with Crippen LogP contribution in [-0.2, 0) is 4.79 Å². The molecule has 4 heteroatoms. The van der Waals surface area contributed by atoms with Crippen molar-refractivity contribution in [2.24, 2.45) is 5.92 Å². The van der Waals surface area contributed by atoms with Crippen molar-refractivity contribution in [3.8, 4) is 0 Å². The molecule has 2 saturated heterocycles. The lowest BCUT2D eigenvalue weighted by Crippen LogP contribution is -2.43. The smallest absolute Gasteiger partial charge is 0.226 e. The van der Waals surface area contributed by atoms with Gasteiger partial charge in [0.1, 0.15) is 5.82 Å². The van der Waals surface area contributed by atoms with E-state index in [-0.39, 0.29) is 17.7 Å². The molecule has 2 aliphatic heterocycles. The van der Waals surface area contributed by atoms with E-state index in [9.17, 15) is 9.18 Å². The molecule has 3 unspecified atom stereocenters. The van der Waals surface area contributed by atoms with Crippen LogP contribution in [0.25, 0.3) is 0 Å². The Morgan fingerprint density at radius 3 is 2.78 bits per heavy atom. The highest BCUT2D eigenvalue weighted by atomic mass is 19.1. The first-order valence-corrected chi connectivity index (χ1v) is 9.00. The molecule has 1 amide bonds. The first-order chi connectivity index (χ1) is 11.2. The first kappa shape index (κ1) is 15.1. The third-order valence-corrected chi connectivity index (χ3v) is 5.71. The van der Waals surface area contributed by atoms with Gasteiger partial charge in [-0.2, -0.15) is 0 Å². The average molecular weight is 316 g/mol. The maximum absolute atomic E-state index is 13.4. The van der Waals surface area contributed by atoms with Crippen molar-refractivity contribution < 1.29 is 9.18 Å². The van der Waals surface area contributed by atoms with Crippen LogP contribution in [0.15, 0.2) is 24.3 Å². The normalized spacial score (nSPS) is 30.8. The zero-order chi connectivity index (χ0) is 15.8. The van der Waals surface area contributed by atoms with E-state index in [1.165, 1.54) is 32.0 Å². The van der Waals surface area contributed by atoms with Gasteiger partial charge in [-0.25, -0.2) is 4.39 Å². The van der Waals surface area contributed by atoms with Crippen molar-refractivity contribution in [1.29, 1.82) is 0 Å². The molecule has 3 atom stereocenters. The molecule has 1 aliphatic carbocycles. The van der Waals surface area contributed by atoms with Gasteiger partial charge in [-0.05, 0) is 68.8 Å². The Balaban J connectivity index is 1.39. The number of halogens is 1. The van der Waals surface area contributed by atoms with Crippen LogP contribution in [0.3, 0.4) is 0 Å². The summed E-state index contributed by atoms with van der Waals surface area (Å²) in [5, 5.41) is 0. The molecule has 1 saturated carbocycles. The number of amides is 1. The molecule has 0 radical (unpaired) electrons. The predicted octanol–water partition coefficient (Wildman–Crippen LogP) is 3.02. The standard InChI is InChI=1S/C19H25FN2O/c20-15-6-3-5-14(11-15)17-12-18(17)19(23)22-10-4-7-16(22)13-21-8-1-2-9-21/h3,5-6,11,16-18H,1-2,4,7-10,12-13H2. The number of likely N-dealkylation sites (tertiary alicyclic amines) is 2. The van der Waals surface area contributed by atoms with Crippen LogP contribution in [0.2, 0.25) is 0 Å². The van der Waals surface area contributed by atoms with Crippen LogP contribution < -0.4 is 0 Å². The maximum Gasteiger partial charge on any atom is 0.226 e. The summed E-state index contributed by atoms with van der Waals surface area (Å²) in [4.78, 5) is 17.5. The topological polar surface area (TPSA) is 23.6 Å². The highest BCUT2D eigenvalue weighted by Crippen LogP contribution is 2.49. The summed E-state index contributed by atoms with van der Waals surface area (Å²) in [6, 6.07) is 7.15. The van der Waals surface area contributed by atoms with Crippen molar-refractivity contribution in [2.75, 3.05) is 26.2 Å². The molecule has 2 heterocycles. The number of nitrogens with zero attached hydrogens (tertiary/aromatic N) is 2. The molecule has 0 N–H and O–H groups in total. The molecule has 0 bridgehead atoms. The minimum Gasteiger partial charge on any atom is -0.338 e. The van der Waals surface area contributed by atoms with Crippen LogP contribution in [0, 0.1) is 11.7 Å². The zero-order valence-corrected chi connectivity index (χ0v) is 13.6. The summed E-state index contributed by atoms with van der Waals surface area (Å²) < 4.78 is 13.4. The molecular formula is C19H25FN2O. The van der Waals surface area contributed by atoms with Crippen LogP contribution in [0.5, 0.6) is 0 Å². The molecule has 3 aliphatic rings. The van der Waals surface area contributed by atoms with Gasteiger partial charge in [0.25, 0.3) is 0 Å². The Morgan fingerprint density at radius 2 is 2.00 bits per heavy atom. The molecule has 1 aromatic rings. The summed E-state index contributed by atoms with van der Waals surface area (Å²) in [5.41, 5.74) is 0.985. The second-order valence-corrected chi connectivity index (χ2v) is 7.34. The summed E-state index contributed by atoms with van der Waals surface area (Å²) in [6.07, 6.45) is 5.74. The third kappa shape index (κ3) is 3.14. The van der Waals surface area contributed by atoms with Gasteiger partial charge in [-0.15, -0.1) is 0 Å². The van der Waals surface area contributed by atoms with Crippen molar-refractivity contribution in [3.63, 3.8) is 0 Å². The number of rotatable bonds is 4. The Bertz CT molecular complexity index is 584. The van der Waals surface area contributed by atoms with Gasteiger partial charge in [0.05, 0.1) is 0 Å². The lowest BCUT2D eigenvalue weighted by molar-refractivity contribution is -0.133. The van der Waals surface area contributed by atoms with Crippen molar-refractivity contribution in [3.05, 3.63) is 35.6 Å². The molecule has 0 aromatic heterocycles. The van der Waals surface area contributed by atoms with E-state index in [4.69, 9.17) is 0 Å². The number of carbonyl (C=O) groups excluding carboxylic acids is 1. The summed E-state index contributed by atoms with van der Waals surface area (Å²) >= 11 is 0. The Hall–Kier alpha value is -1.42. The van der Waals surface area contributed by atoms with E-state index in [0.717, 1.165) is 37.9 Å². The molecule has 23 heavy (non-hydrogen) atoms. The molecule has 3 fully saturated rings. The fraction of sp³-hybridized carbons (Fsp3) is 0.632. The monoisotopic (exact) mass is 316 g/mol. The molecule has 124 valence electrons. The Labute approximate surface area is 137 Å². The SMILES string of the molecule is O=C(C1CC1c1cccc(F)c1)N1CCCC1CN1CCCC1. The second kappa shape index (κ2) is 6.23. The average Bonchev–Trinajstić information content (AvgIpc) is 2.94. The van der Waals surface area contributed by atoms with Gasteiger partial charge in [0, 0.05) is 25.0 Å². The predicted molar refractivity (Wildman–Crippen MR) is 87.7 cm³/mol. The van der Waals surface area contributed by atoms with Crippen LogP contribution in [-0.4, -0.2) is 47.9 Å². The highest BCUT2D eigenvalue weighted by Gasteiger charge is 2.47. The molecule has 3 nitrogen and oxygen atoms in total. The van der Waals surface area contributed by atoms with Gasteiger partial charge in [0.15, 0.2) is 0 Å². The van der Waals surface area contributed by atoms with Gasteiger partial charge in [-0.1, -0.05) is 12.1 Å². The number of hydrogen-bond acceptors (Lipinski definition) is 2. The van der Waals surface area contributed by atoms with E-state index < -0.39 is 0 Å². The van der Waals surface area contributed by atoms with Crippen LogP contribution in [0.4, 0.5) is 4.39 Å². The van der Waals surface area contributed by atoms with Crippen molar-refractivity contribution >= 4 is 5.91 Å². The molecule has 0 spiro atoms. The van der Waals surface area contributed by atoms with E-state index in [0.29, 0.717) is 11.9 Å². The van der Waals surface area contributed by atoms with Gasteiger partial charge in [-0.3, -0.25) is 4.79 Å². The largest absolute Gasteiger partial charge is 0.338 e. The van der Waals surface area contributed by atoms with Gasteiger partial charge >= 0.3 is 0 Å². The molecular weight excluding hydrogens is 291 g/mol. The second-order valence-electron chi connectivity index (χ2n) is 7.34.